The molecule has 1 N–H and O–H groups in total. The molecule has 182 valence electrons. The molecule has 2 atom stereocenters. The van der Waals surface area contributed by atoms with Crippen molar-refractivity contribution < 1.29 is 14.3 Å². The first-order chi connectivity index (χ1) is 16.9. The first-order valence-electron chi connectivity index (χ1n) is 11.6. The number of allylic oxidation sites excluding steroid dienone is 1. The number of nitrogens with one attached hydrogen (secondary N) is 1. The zero-order valence-corrected chi connectivity index (χ0v) is 21.5. The van der Waals surface area contributed by atoms with Crippen molar-refractivity contribution in [1.29, 1.82) is 0 Å². The van der Waals surface area contributed by atoms with Crippen molar-refractivity contribution in [2.24, 2.45) is 4.99 Å². The summed E-state index contributed by atoms with van der Waals surface area (Å²) in [6.45, 7) is 5.96. The molecule has 6 nitrogen and oxygen atoms in total. The summed E-state index contributed by atoms with van der Waals surface area (Å²) in [5, 5.41) is 6.17. The van der Waals surface area contributed by atoms with Gasteiger partial charge in [0.25, 0.3) is 0 Å². The molecule has 2 aliphatic rings. The van der Waals surface area contributed by atoms with Crippen LogP contribution in [0.25, 0.3) is 0 Å². The lowest BCUT2D eigenvalue weighted by Crippen LogP contribution is -2.39. The van der Waals surface area contributed by atoms with E-state index >= 15 is 0 Å². The Balaban J connectivity index is 1.67. The maximum atomic E-state index is 13.5. The molecular formula is C27H28ClN3O3S. The van der Waals surface area contributed by atoms with Gasteiger partial charge in [0.05, 0.1) is 23.7 Å². The van der Waals surface area contributed by atoms with Gasteiger partial charge < -0.3 is 15.0 Å². The zero-order chi connectivity index (χ0) is 24.9. The van der Waals surface area contributed by atoms with Gasteiger partial charge in [-0.15, -0.1) is 0 Å². The maximum Gasteiger partial charge on any atom is 0.338 e. The Kier molecular flexibility index (Phi) is 7.98. The van der Waals surface area contributed by atoms with Gasteiger partial charge in [-0.2, -0.15) is 0 Å². The van der Waals surface area contributed by atoms with E-state index in [9.17, 15) is 9.59 Å². The first-order valence-corrected chi connectivity index (χ1v) is 12.8. The van der Waals surface area contributed by atoms with Crippen LogP contribution in [0.2, 0.25) is 5.02 Å². The van der Waals surface area contributed by atoms with Crippen molar-refractivity contribution in [3.8, 4) is 0 Å². The van der Waals surface area contributed by atoms with Gasteiger partial charge in [-0.1, -0.05) is 78.8 Å². The Hall–Kier alpha value is -3.03. The lowest BCUT2D eigenvalue weighted by molar-refractivity contribution is -0.141. The highest BCUT2D eigenvalue weighted by atomic mass is 35.5. The van der Waals surface area contributed by atoms with E-state index in [0.717, 1.165) is 23.2 Å². The number of carbonyl (C=O) groups excluding carboxylic acids is 2. The summed E-state index contributed by atoms with van der Waals surface area (Å²) in [4.78, 5) is 32.8. The number of nitrogens with zero attached hydrogens (tertiary/aromatic N) is 2. The van der Waals surface area contributed by atoms with Gasteiger partial charge in [-0.3, -0.25) is 4.79 Å². The number of benzene rings is 2. The van der Waals surface area contributed by atoms with Crippen LogP contribution in [0, 0.1) is 0 Å². The van der Waals surface area contributed by atoms with E-state index in [0.29, 0.717) is 21.5 Å². The molecule has 0 bridgehead atoms. The first kappa shape index (κ1) is 25.1. The molecule has 0 saturated carbocycles. The lowest BCUT2D eigenvalue weighted by atomic mass is 9.93. The van der Waals surface area contributed by atoms with Crippen molar-refractivity contribution >= 4 is 40.4 Å². The van der Waals surface area contributed by atoms with Gasteiger partial charge in [0.1, 0.15) is 6.61 Å². The predicted molar refractivity (Wildman–Crippen MR) is 141 cm³/mol. The second-order valence-corrected chi connectivity index (χ2v) is 9.77. The van der Waals surface area contributed by atoms with Crippen LogP contribution in [0.5, 0.6) is 0 Å². The Morgan fingerprint density at radius 1 is 1.17 bits per heavy atom. The molecule has 2 unspecified atom stereocenters. The summed E-state index contributed by atoms with van der Waals surface area (Å²) in [7, 11) is 0. The van der Waals surface area contributed by atoms with Gasteiger partial charge >= 0.3 is 5.97 Å². The highest BCUT2D eigenvalue weighted by molar-refractivity contribution is 8.16. The van der Waals surface area contributed by atoms with Crippen LogP contribution in [-0.2, 0) is 20.9 Å². The SMILES string of the molecule is CCC(C)NC(=O)CC1=CSC2=NC(C)=C(C(=O)OCc3ccccc3)C(c3ccccc3Cl)N12. The number of aliphatic imine (C=N–C) groups is 1. The van der Waals surface area contributed by atoms with E-state index in [2.05, 4.69) is 5.32 Å². The maximum absolute atomic E-state index is 13.5. The molecule has 2 heterocycles. The number of hydrogen-bond acceptors (Lipinski definition) is 6. The van der Waals surface area contributed by atoms with E-state index < -0.39 is 12.0 Å². The Morgan fingerprint density at radius 2 is 1.89 bits per heavy atom. The summed E-state index contributed by atoms with van der Waals surface area (Å²) in [5.74, 6) is -0.538. The van der Waals surface area contributed by atoms with Crippen LogP contribution in [0.15, 0.2) is 82.0 Å². The average molecular weight is 510 g/mol. The van der Waals surface area contributed by atoms with E-state index in [1.807, 2.05) is 79.6 Å². The quantitative estimate of drug-likeness (QED) is 0.444. The molecule has 0 radical (unpaired) electrons. The minimum Gasteiger partial charge on any atom is -0.457 e. The molecule has 0 aromatic heterocycles. The summed E-state index contributed by atoms with van der Waals surface area (Å²) >= 11 is 8.07. The number of hydrogen-bond donors (Lipinski definition) is 1. The summed E-state index contributed by atoms with van der Waals surface area (Å²) < 4.78 is 5.72. The smallest absolute Gasteiger partial charge is 0.338 e. The molecule has 2 aromatic carbocycles. The van der Waals surface area contributed by atoms with Gasteiger partial charge in [0, 0.05) is 16.8 Å². The Bertz CT molecular complexity index is 1210. The molecule has 0 aliphatic carbocycles. The van der Waals surface area contributed by atoms with Crippen molar-refractivity contribution in [2.75, 3.05) is 0 Å². The van der Waals surface area contributed by atoms with Crippen molar-refractivity contribution in [3.63, 3.8) is 0 Å². The van der Waals surface area contributed by atoms with Crippen molar-refractivity contribution in [2.45, 2.75) is 52.3 Å². The largest absolute Gasteiger partial charge is 0.457 e. The van der Waals surface area contributed by atoms with Crippen LogP contribution in [0.3, 0.4) is 0 Å². The summed E-state index contributed by atoms with van der Waals surface area (Å²) in [6.07, 6.45) is 1.01. The standard InChI is InChI=1S/C27H28ClN3O3S/c1-4-17(2)29-23(32)14-20-16-35-27-30-18(3)24(26(33)34-15-19-10-6-5-7-11-19)25(31(20)27)21-12-8-9-13-22(21)28/h5-13,16-17,25H,4,14-15H2,1-3H3,(H,29,32). The molecular weight excluding hydrogens is 482 g/mol. The molecule has 8 heteroatoms. The number of carbonyl (C=O) groups is 2. The normalized spacial score (nSPS) is 17.9. The fraction of sp³-hybridized carbons (Fsp3) is 0.296. The molecule has 0 saturated heterocycles. The fourth-order valence-electron chi connectivity index (χ4n) is 4.02. The summed E-state index contributed by atoms with van der Waals surface area (Å²) in [5.41, 5.74) is 3.40. The van der Waals surface area contributed by atoms with Gasteiger partial charge in [0.15, 0.2) is 5.17 Å². The summed E-state index contributed by atoms with van der Waals surface area (Å²) in [6, 6.07) is 16.5. The highest BCUT2D eigenvalue weighted by Gasteiger charge is 2.41. The highest BCUT2D eigenvalue weighted by Crippen LogP contribution is 2.46. The Morgan fingerprint density at radius 3 is 2.60 bits per heavy atom. The number of amidine groups is 1. The third kappa shape index (κ3) is 5.63. The van der Waals surface area contributed by atoms with Crippen LogP contribution in [-0.4, -0.2) is 28.0 Å². The number of esters is 1. The second-order valence-electron chi connectivity index (χ2n) is 8.53. The fourth-order valence-corrected chi connectivity index (χ4v) is 5.22. The van der Waals surface area contributed by atoms with Crippen molar-refractivity contribution in [1.82, 2.24) is 10.2 Å². The van der Waals surface area contributed by atoms with E-state index in [1.54, 1.807) is 6.07 Å². The van der Waals surface area contributed by atoms with E-state index in [4.69, 9.17) is 21.3 Å². The van der Waals surface area contributed by atoms with Gasteiger partial charge in [0.2, 0.25) is 5.91 Å². The topological polar surface area (TPSA) is 71.0 Å². The second kappa shape index (κ2) is 11.1. The van der Waals surface area contributed by atoms with Crippen LogP contribution >= 0.6 is 23.4 Å². The Labute approximate surface area is 215 Å². The number of ether oxygens (including phenoxy) is 1. The number of amides is 1. The monoisotopic (exact) mass is 509 g/mol. The average Bonchev–Trinajstić information content (AvgIpc) is 3.24. The van der Waals surface area contributed by atoms with Crippen LogP contribution < -0.4 is 5.32 Å². The lowest BCUT2D eigenvalue weighted by Gasteiger charge is -2.36. The van der Waals surface area contributed by atoms with E-state index in [-0.39, 0.29) is 25.0 Å². The number of fused-ring (bicyclic) bond motifs is 1. The molecule has 1 amide bonds. The minimum atomic E-state index is -0.558. The third-order valence-electron chi connectivity index (χ3n) is 5.99. The molecule has 35 heavy (non-hydrogen) atoms. The molecule has 0 spiro atoms. The van der Waals surface area contributed by atoms with Gasteiger partial charge in [-0.05, 0) is 42.9 Å². The minimum absolute atomic E-state index is 0.0789. The third-order valence-corrected chi connectivity index (χ3v) is 7.23. The van der Waals surface area contributed by atoms with Crippen LogP contribution in [0.1, 0.15) is 50.8 Å². The van der Waals surface area contributed by atoms with E-state index in [1.165, 1.54) is 11.8 Å². The number of rotatable bonds is 8. The number of halogens is 1. The molecule has 4 rings (SSSR count). The molecule has 2 aromatic rings. The molecule has 2 aliphatic heterocycles. The van der Waals surface area contributed by atoms with Gasteiger partial charge in [-0.25, -0.2) is 9.79 Å². The molecule has 0 fully saturated rings. The van der Waals surface area contributed by atoms with Crippen molar-refractivity contribution in [3.05, 3.63) is 93.1 Å². The number of thioether (sulfide) groups is 1. The predicted octanol–water partition coefficient (Wildman–Crippen LogP) is 5.96. The van der Waals surface area contributed by atoms with Crippen LogP contribution in [0.4, 0.5) is 0 Å². The zero-order valence-electron chi connectivity index (χ0n) is 20.0.